The van der Waals surface area contributed by atoms with Crippen molar-refractivity contribution < 1.29 is 0 Å². The summed E-state index contributed by atoms with van der Waals surface area (Å²) in [6.45, 7) is 6.31. The molecule has 3 aliphatic rings. The van der Waals surface area contributed by atoms with E-state index >= 15 is 0 Å². The first kappa shape index (κ1) is 11.4. The summed E-state index contributed by atoms with van der Waals surface area (Å²) in [6, 6.07) is 1.60. The van der Waals surface area contributed by atoms with Crippen LogP contribution >= 0.6 is 11.8 Å². The van der Waals surface area contributed by atoms with E-state index in [1.807, 2.05) is 0 Å². The quantitative estimate of drug-likeness (QED) is 0.792. The van der Waals surface area contributed by atoms with Crippen LogP contribution in [-0.2, 0) is 0 Å². The van der Waals surface area contributed by atoms with Crippen LogP contribution < -0.4 is 5.32 Å². The lowest BCUT2D eigenvalue weighted by atomic mass is 9.93. The Labute approximate surface area is 104 Å². The summed E-state index contributed by atoms with van der Waals surface area (Å²) in [4.78, 5) is 2.72. The van der Waals surface area contributed by atoms with E-state index in [1.54, 1.807) is 0 Å². The Morgan fingerprint density at radius 2 is 2.31 bits per heavy atom. The van der Waals surface area contributed by atoms with Gasteiger partial charge in [-0.2, -0.15) is 11.8 Å². The molecule has 2 heterocycles. The number of hydrogen-bond acceptors (Lipinski definition) is 3. The highest BCUT2D eigenvalue weighted by Crippen LogP contribution is 2.38. The van der Waals surface area contributed by atoms with Crippen molar-refractivity contribution >= 4 is 11.8 Å². The maximum atomic E-state index is 3.78. The van der Waals surface area contributed by atoms with Crippen LogP contribution in [0.15, 0.2) is 0 Å². The third-order valence-electron chi connectivity index (χ3n) is 4.81. The lowest BCUT2D eigenvalue weighted by Crippen LogP contribution is -2.48. The van der Waals surface area contributed by atoms with Gasteiger partial charge in [0.15, 0.2) is 0 Å². The number of nitrogens with one attached hydrogen (secondary N) is 1. The average molecular weight is 240 g/mol. The van der Waals surface area contributed by atoms with Crippen molar-refractivity contribution in [3.8, 4) is 0 Å². The third kappa shape index (κ3) is 2.14. The Balaban J connectivity index is 1.57. The molecule has 4 unspecified atom stereocenters. The topological polar surface area (TPSA) is 15.3 Å². The van der Waals surface area contributed by atoms with Crippen LogP contribution in [0.4, 0.5) is 0 Å². The highest BCUT2D eigenvalue weighted by atomic mass is 32.2. The first-order valence-electron chi connectivity index (χ1n) is 6.90. The molecule has 0 bridgehead atoms. The molecule has 2 saturated heterocycles. The molecule has 1 N–H and O–H groups in total. The van der Waals surface area contributed by atoms with Crippen LogP contribution in [0.5, 0.6) is 0 Å². The SMILES string of the molecule is CC1CSCCN1CC1NCC2CCCC21. The van der Waals surface area contributed by atoms with Crippen LogP contribution in [-0.4, -0.2) is 48.1 Å². The van der Waals surface area contributed by atoms with Gasteiger partial charge in [-0.25, -0.2) is 0 Å². The summed E-state index contributed by atoms with van der Waals surface area (Å²) in [7, 11) is 0. The number of nitrogens with zero attached hydrogens (tertiary/aromatic N) is 1. The fraction of sp³-hybridized carbons (Fsp3) is 1.00. The molecule has 0 aromatic carbocycles. The van der Waals surface area contributed by atoms with E-state index in [9.17, 15) is 0 Å². The number of thioether (sulfide) groups is 1. The number of rotatable bonds is 2. The minimum absolute atomic E-state index is 0.793. The van der Waals surface area contributed by atoms with Gasteiger partial charge in [-0.3, -0.25) is 4.90 Å². The lowest BCUT2D eigenvalue weighted by molar-refractivity contribution is 0.194. The summed E-state index contributed by atoms with van der Waals surface area (Å²) < 4.78 is 0. The van der Waals surface area contributed by atoms with Gasteiger partial charge >= 0.3 is 0 Å². The highest BCUT2D eigenvalue weighted by molar-refractivity contribution is 7.99. The van der Waals surface area contributed by atoms with E-state index in [-0.39, 0.29) is 0 Å². The fourth-order valence-electron chi connectivity index (χ4n) is 3.79. The van der Waals surface area contributed by atoms with Crippen molar-refractivity contribution in [2.75, 3.05) is 31.1 Å². The molecule has 16 heavy (non-hydrogen) atoms. The monoisotopic (exact) mass is 240 g/mol. The Hall–Kier alpha value is 0.270. The molecule has 3 heteroatoms. The molecule has 1 saturated carbocycles. The van der Waals surface area contributed by atoms with Crippen molar-refractivity contribution in [3.63, 3.8) is 0 Å². The van der Waals surface area contributed by atoms with E-state index in [2.05, 4.69) is 28.9 Å². The second-order valence-electron chi connectivity index (χ2n) is 5.79. The summed E-state index contributed by atoms with van der Waals surface area (Å²) >= 11 is 2.12. The number of hydrogen-bond donors (Lipinski definition) is 1. The van der Waals surface area contributed by atoms with Gasteiger partial charge in [0.25, 0.3) is 0 Å². The summed E-state index contributed by atoms with van der Waals surface area (Å²) in [5.74, 6) is 4.69. The molecule has 2 aliphatic heterocycles. The molecule has 1 aliphatic carbocycles. The predicted molar refractivity (Wildman–Crippen MR) is 71.0 cm³/mol. The van der Waals surface area contributed by atoms with E-state index in [1.165, 1.54) is 50.4 Å². The van der Waals surface area contributed by atoms with Crippen LogP contribution in [0.3, 0.4) is 0 Å². The van der Waals surface area contributed by atoms with Crippen molar-refractivity contribution in [3.05, 3.63) is 0 Å². The Morgan fingerprint density at radius 3 is 3.19 bits per heavy atom. The second kappa shape index (κ2) is 4.87. The van der Waals surface area contributed by atoms with Gasteiger partial charge in [0, 0.05) is 36.7 Å². The molecule has 3 rings (SSSR count). The van der Waals surface area contributed by atoms with E-state index < -0.39 is 0 Å². The summed E-state index contributed by atoms with van der Waals surface area (Å²) in [5, 5.41) is 3.78. The number of fused-ring (bicyclic) bond motifs is 1. The summed E-state index contributed by atoms with van der Waals surface area (Å²) in [6.07, 6.45) is 4.46. The Bertz CT molecular complexity index is 246. The lowest BCUT2D eigenvalue weighted by Gasteiger charge is -2.36. The molecular formula is C13H24N2S. The van der Waals surface area contributed by atoms with Gasteiger partial charge in [-0.05, 0) is 38.1 Å². The maximum Gasteiger partial charge on any atom is 0.0226 e. The first-order chi connectivity index (χ1) is 7.84. The van der Waals surface area contributed by atoms with Gasteiger partial charge in [-0.1, -0.05) is 6.42 Å². The molecule has 0 aromatic rings. The maximum absolute atomic E-state index is 3.78. The molecule has 2 nitrogen and oxygen atoms in total. The van der Waals surface area contributed by atoms with Crippen molar-refractivity contribution in [1.82, 2.24) is 10.2 Å². The molecule has 4 atom stereocenters. The molecular weight excluding hydrogens is 216 g/mol. The largest absolute Gasteiger partial charge is 0.312 e. The van der Waals surface area contributed by atoms with Gasteiger partial charge in [0.1, 0.15) is 0 Å². The molecule has 0 aromatic heterocycles. The van der Waals surface area contributed by atoms with Crippen molar-refractivity contribution in [2.45, 2.75) is 38.3 Å². The minimum atomic E-state index is 0.793. The predicted octanol–water partition coefficient (Wildman–Crippen LogP) is 1.81. The second-order valence-corrected chi connectivity index (χ2v) is 6.94. The average Bonchev–Trinajstić information content (AvgIpc) is 2.86. The van der Waals surface area contributed by atoms with Crippen molar-refractivity contribution in [2.24, 2.45) is 11.8 Å². The van der Waals surface area contributed by atoms with Crippen LogP contribution in [0.2, 0.25) is 0 Å². The molecule has 0 radical (unpaired) electrons. The van der Waals surface area contributed by atoms with Crippen molar-refractivity contribution in [1.29, 1.82) is 0 Å². The molecule has 3 fully saturated rings. The van der Waals surface area contributed by atoms with Gasteiger partial charge in [0.05, 0.1) is 0 Å². The van der Waals surface area contributed by atoms with Crippen LogP contribution in [0.25, 0.3) is 0 Å². The van der Waals surface area contributed by atoms with E-state index in [0.717, 1.165) is 23.9 Å². The molecule has 0 spiro atoms. The summed E-state index contributed by atoms with van der Waals surface area (Å²) in [5.41, 5.74) is 0. The minimum Gasteiger partial charge on any atom is -0.312 e. The van der Waals surface area contributed by atoms with E-state index in [4.69, 9.17) is 0 Å². The molecule has 0 amide bonds. The van der Waals surface area contributed by atoms with Crippen LogP contribution in [0.1, 0.15) is 26.2 Å². The first-order valence-corrected chi connectivity index (χ1v) is 8.05. The normalized spacial score (nSPS) is 44.8. The third-order valence-corrected chi connectivity index (χ3v) is 6.00. The fourth-order valence-corrected chi connectivity index (χ4v) is 4.87. The highest BCUT2D eigenvalue weighted by Gasteiger charge is 2.39. The van der Waals surface area contributed by atoms with Crippen LogP contribution in [0, 0.1) is 11.8 Å². The van der Waals surface area contributed by atoms with Gasteiger partial charge in [0.2, 0.25) is 0 Å². The zero-order valence-electron chi connectivity index (χ0n) is 10.3. The molecule has 92 valence electrons. The smallest absolute Gasteiger partial charge is 0.0226 e. The van der Waals surface area contributed by atoms with Gasteiger partial charge < -0.3 is 5.32 Å². The zero-order chi connectivity index (χ0) is 11.0. The van der Waals surface area contributed by atoms with E-state index in [0.29, 0.717) is 0 Å². The Kier molecular flexibility index (Phi) is 3.46. The standard InChI is InChI=1S/C13H24N2S/c1-10-9-16-6-5-15(10)8-13-12-4-2-3-11(12)7-14-13/h10-14H,2-9H2,1H3. The van der Waals surface area contributed by atoms with Gasteiger partial charge in [-0.15, -0.1) is 0 Å². The zero-order valence-corrected chi connectivity index (χ0v) is 11.1. The Morgan fingerprint density at radius 1 is 1.38 bits per heavy atom.